The van der Waals surface area contributed by atoms with Crippen LogP contribution >= 0.6 is 0 Å². The molecule has 0 saturated carbocycles. The molecule has 2 aromatic rings. The Balaban J connectivity index is 1.59. The smallest absolute Gasteiger partial charge is 0.319 e. The van der Waals surface area contributed by atoms with Crippen LogP contribution in [0.2, 0.25) is 0 Å². The van der Waals surface area contributed by atoms with Crippen LogP contribution in [0.3, 0.4) is 0 Å². The van der Waals surface area contributed by atoms with Gasteiger partial charge < -0.3 is 23.8 Å². The summed E-state index contributed by atoms with van der Waals surface area (Å²) in [7, 11) is 4.63. The number of piperidine rings is 1. The number of likely N-dealkylation sites (tertiary alicyclic amines) is 1. The van der Waals surface area contributed by atoms with Crippen molar-refractivity contribution >= 4 is 5.91 Å². The first-order valence-electron chi connectivity index (χ1n) is 8.69. The van der Waals surface area contributed by atoms with Gasteiger partial charge in [-0.1, -0.05) is 0 Å². The summed E-state index contributed by atoms with van der Waals surface area (Å²) in [6, 6.07) is 7.17. The molecular formula is C19H23N3O5. The Labute approximate surface area is 158 Å². The van der Waals surface area contributed by atoms with E-state index >= 15 is 0 Å². The largest absolute Gasteiger partial charge is 0.493 e. The van der Waals surface area contributed by atoms with E-state index in [0.29, 0.717) is 36.0 Å². The lowest BCUT2D eigenvalue weighted by Crippen LogP contribution is -2.41. The van der Waals surface area contributed by atoms with Crippen molar-refractivity contribution in [3.05, 3.63) is 36.0 Å². The molecular weight excluding hydrogens is 350 g/mol. The number of aromatic nitrogens is 2. The third kappa shape index (κ3) is 4.39. The van der Waals surface area contributed by atoms with Gasteiger partial charge in [0, 0.05) is 43.8 Å². The molecule has 0 spiro atoms. The van der Waals surface area contributed by atoms with Crippen molar-refractivity contribution in [1.29, 1.82) is 0 Å². The number of methoxy groups -OCH3 is 3. The highest BCUT2D eigenvalue weighted by molar-refractivity contribution is 5.95. The van der Waals surface area contributed by atoms with E-state index in [1.165, 1.54) is 7.11 Å². The normalized spacial score (nSPS) is 14.6. The molecule has 1 aromatic carbocycles. The molecule has 8 heteroatoms. The van der Waals surface area contributed by atoms with Crippen LogP contribution in [-0.2, 0) is 0 Å². The average molecular weight is 373 g/mol. The summed E-state index contributed by atoms with van der Waals surface area (Å²) >= 11 is 0. The number of nitrogens with zero attached hydrogens (tertiary/aromatic N) is 3. The molecule has 2 heterocycles. The number of carbonyl (C=O) groups excluding carboxylic acids is 1. The molecule has 1 saturated heterocycles. The molecule has 1 aliphatic heterocycles. The number of amides is 1. The van der Waals surface area contributed by atoms with E-state index in [1.54, 1.807) is 44.7 Å². The summed E-state index contributed by atoms with van der Waals surface area (Å²) in [6.07, 6.45) is 3.05. The van der Waals surface area contributed by atoms with E-state index in [4.69, 9.17) is 18.9 Å². The molecule has 0 radical (unpaired) electrons. The SMILES string of the molecule is COc1nccc(OC2CCN(C(=O)c3ccc(OC)c(OC)c3)CC2)n1. The number of benzene rings is 1. The zero-order valence-electron chi connectivity index (χ0n) is 15.7. The van der Waals surface area contributed by atoms with Gasteiger partial charge in [-0.15, -0.1) is 0 Å². The zero-order valence-corrected chi connectivity index (χ0v) is 15.7. The van der Waals surface area contributed by atoms with Crippen molar-refractivity contribution in [1.82, 2.24) is 14.9 Å². The monoisotopic (exact) mass is 373 g/mol. The molecule has 0 aliphatic carbocycles. The second-order valence-corrected chi connectivity index (χ2v) is 6.06. The van der Waals surface area contributed by atoms with Gasteiger partial charge in [0.05, 0.1) is 21.3 Å². The van der Waals surface area contributed by atoms with Gasteiger partial charge in [-0.2, -0.15) is 4.98 Å². The first kappa shape index (κ1) is 18.8. The van der Waals surface area contributed by atoms with Gasteiger partial charge >= 0.3 is 6.01 Å². The van der Waals surface area contributed by atoms with Crippen molar-refractivity contribution < 1.29 is 23.7 Å². The molecule has 144 valence electrons. The summed E-state index contributed by atoms with van der Waals surface area (Å²) in [4.78, 5) is 22.7. The molecule has 8 nitrogen and oxygen atoms in total. The van der Waals surface area contributed by atoms with Gasteiger partial charge in [0.1, 0.15) is 6.10 Å². The average Bonchev–Trinajstić information content (AvgIpc) is 2.73. The van der Waals surface area contributed by atoms with E-state index in [1.807, 2.05) is 4.90 Å². The van der Waals surface area contributed by atoms with E-state index in [2.05, 4.69) is 9.97 Å². The number of hydrogen-bond donors (Lipinski definition) is 0. The van der Waals surface area contributed by atoms with Crippen LogP contribution in [0.15, 0.2) is 30.5 Å². The van der Waals surface area contributed by atoms with E-state index < -0.39 is 0 Å². The molecule has 27 heavy (non-hydrogen) atoms. The Hall–Kier alpha value is -3.03. The highest BCUT2D eigenvalue weighted by Gasteiger charge is 2.25. The quantitative estimate of drug-likeness (QED) is 0.767. The predicted octanol–water partition coefficient (Wildman–Crippen LogP) is 2.19. The minimum absolute atomic E-state index is 0.000871. The molecule has 0 N–H and O–H groups in total. The molecule has 0 bridgehead atoms. The lowest BCUT2D eigenvalue weighted by molar-refractivity contribution is 0.0586. The first-order valence-corrected chi connectivity index (χ1v) is 8.69. The molecule has 1 aromatic heterocycles. The lowest BCUT2D eigenvalue weighted by atomic mass is 10.1. The number of ether oxygens (including phenoxy) is 4. The predicted molar refractivity (Wildman–Crippen MR) is 97.7 cm³/mol. The summed E-state index contributed by atoms with van der Waals surface area (Å²) in [5, 5.41) is 0. The molecule has 0 unspecified atom stereocenters. The second kappa shape index (κ2) is 8.57. The maximum Gasteiger partial charge on any atom is 0.319 e. The number of carbonyl (C=O) groups is 1. The van der Waals surface area contributed by atoms with Crippen LogP contribution in [-0.4, -0.2) is 61.3 Å². The summed E-state index contributed by atoms with van der Waals surface area (Å²) in [6.45, 7) is 1.22. The molecule has 1 amide bonds. The minimum Gasteiger partial charge on any atom is -0.493 e. The van der Waals surface area contributed by atoms with Gasteiger partial charge in [0.25, 0.3) is 5.91 Å². The fourth-order valence-corrected chi connectivity index (χ4v) is 2.99. The Morgan fingerprint density at radius 2 is 1.78 bits per heavy atom. The van der Waals surface area contributed by atoms with Crippen LogP contribution in [0.25, 0.3) is 0 Å². The standard InChI is InChI=1S/C19H23N3O5/c1-24-15-5-4-13(12-16(15)25-2)18(23)22-10-7-14(8-11-22)27-17-6-9-20-19(21-17)26-3/h4-6,9,12,14H,7-8,10-11H2,1-3H3. The molecule has 3 rings (SSSR count). The fraction of sp³-hybridized carbons (Fsp3) is 0.421. The molecule has 0 atom stereocenters. The topological polar surface area (TPSA) is 83.0 Å². The highest BCUT2D eigenvalue weighted by Crippen LogP contribution is 2.28. The van der Waals surface area contributed by atoms with Crippen LogP contribution in [0.4, 0.5) is 0 Å². The van der Waals surface area contributed by atoms with Gasteiger partial charge in [-0.3, -0.25) is 4.79 Å². The number of hydrogen-bond acceptors (Lipinski definition) is 7. The van der Waals surface area contributed by atoms with Crippen LogP contribution < -0.4 is 18.9 Å². The Bertz CT molecular complexity index is 791. The van der Waals surface area contributed by atoms with Crippen molar-refractivity contribution in [2.45, 2.75) is 18.9 Å². The minimum atomic E-state index is -0.0295. The van der Waals surface area contributed by atoms with Gasteiger partial charge in [0.15, 0.2) is 11.5 Å². The fourth-order valence-electron chi connectivity index (χ4n) is 2.99. The zero-order chi connectivity index (χ0) is 19.2. The first-order chi connectivity index (χ1) is 13.1. The van der Waals surface area contributed by atoms with Crippen molar-refractivity contribution in [3.8, 4) is 23.4 Å². The molecule has 1 aliphatic rings. The summed E-state index contributed by atoms with van der Waals surface area (Å²) in [5.41, 5.74) is 0.576. The summed E-state index contributed by atoms with van der Waals surface area (Å²) < 4.78 is 21.4. The van der Waals surface area contributed by atoms with Gasteiger partial charge in [0.2, 0.25) is 5.88 Å². The van der Waals surface area contributed by atoms with E-state index in [0.717, 1.165) is 12.8 Å². The summed E-state index contributed by atoms with van der Waals surface area (Å²) in [5.74, 6) is 1.59. The van der Waals surface area contributed by atoms with Crippen LogP contribution in [0, 0.1) is 0 Å². The van der Waals surface area contributed by atoms with E-state index in [9.17, 15) is 4.79 Å². The number of rotatable bonds is 6. The highest BCUT2D eigenvalue weighted by atomic mass is 16.5. The van der Waals surface area contributed by atoms with Crippen molar-refractivity contribution in [2.75, 3.05) is 34.4 Å². The third-order valence-electron chi connectivity index (χ3n) is 4.44. The maximum atomic E-state index is 12.8. The van der Waals surface area contributed by atoms with Crippen LogP contribution in [0.5, 0.6) is 23.4 Å². The van der Waals surface area contributed by atoms with Crippen molar-refractivity contribution in [2.24, 2.45) is 0 Å². The van der Waals surface area contributed by atoms with E-state index in [-0.39, 0.29) is 18.0 Å². The Kier molecular flexibility index (Phi) is 5.95. The van der Waals surface area contributed by atoms with Gasteiger partial charge in [-0.25, -0.2) is 4.98 Å². The molecule has 1 fully saturated rings. The lowest BCUT2D eigenvalue weighted by Gasteiger charge is -2.32. The third-order valence-corrected chi connectivity index (χ3v) is 4.44. The second-order valence-electron chi connectivity index (χ2n) is 6.06. The Morgan fingerprint density at radius 1 is 1.04 bits per heavy atom. The van der Waals surface area contributed by atoms with Crippen LogP contribution in [0.1, 0.15) is 23.2 Å². The Morgan fingerprint density at radius 3 is 2.44 bits per heavy atom. The van der Waals surface area contributed by atoms with Crippen molar-refractivity contribution in [3.63, 3.8) is 0 Å². The maximum absolute atomic E-state index is 12.8. The van der Waals surface area contributed by atoms with Gasteiger partial charge in [-0.05, 0) is 18.2 Å².